The van der Waals surface area contributed by atoms with Crippen LogP contribution in [0.15, 0.2) is 30.6 Å². The number of aromatic nitrogens is 2. The molecule has 1 aromatic carbocycles. The Hall–Kier alpha value is -2.01. The van der Waals surface area contributed by atoms with Gasteiger partial charge in [-0.1, -0.05) is 0 Å². The average Bonchev–Trinajstić information content (AvgIpc) is 2.94. The van der Waals surface area contributed by atoms with E-state index < -0.39 is 0 Å². The third-order valence-electron chi connectivity index (χ3n) is 3.07. The summed E-state index contributed by atoms with van der Waals surface area (Å²) in [6.45, 7) is 2.87. The molecule has 0 aliphatic carbocycles. The number of rotatable bonds is 5. The highest BCUT2D eigenvalue weighted by Gasteiger charge is 2.13. The van der Waals surface area contributed by atoms with Crippen molar-refractivity contribution in [3.8, 4) is 11.5 Å². The number of ether oxygens (including phenoxy) is 2. The monoisotopic (exact) mass is 261 g/mol. The van der Waals surface area contributed by atoms with Crippen LogP contribution in [0.5, 0.6) is 11.5 Å². The normalized spacial score (nSPS) is 12.2. The molecule has 0 fully saturated rings. The van der Waals surface area contributed by atoms with Gasteiger partial charge in [-0.2, -0.15) is 5.10 Å². The summed E-state index contributed by atoms with van der Waals surface area (Å²) in [4.78, 5) is 0. The average molecular weight is 261 g/mol. The van der Waals surface area contributed by atoms with E-state index in [0.29, 0.717) is 0 Å². The van der Waals surface area contributed by atoms with Gasteiger partial charge in [-0.15, -0.1) is 0 Å². The van der Waals surface area contributed by atoms with Crippen molar-refractivity contribution in [2.24, 2.45) is 5.73 Å². The number of benzene rings is 1. The van der Waals surface area contributed by atoms with Gasteiger partial charge < -0.3 is 15.2 Å². The van der Waals surface area contributed by atoms with Crippen LogP contribution in [0.1, 0.15) is 24.1 Å². The minimum absolute atomic E-state index is 0.246. The number of nitrogens with two attached hydrogens (primary N) is 1. The molecule has 102 valence electrons. The molecule has 2 rings (SSSR count). The molecule has 0 amide bonds. The summed E-state index contributed by atoms with van der Waals surface area (Å²) in [6.07, 6.45) is 3.75. The molecule has 0 radical (unpaired) electrons. The lowest BCUT2D eigenvalue weighted by atomic mass is 10.0. The molecule has 5 nitrogen and oxygen atoms in total. The van der Waals surface area contributed by atoms with Crippen LogP contribution in [0.2, 0.25) is 0 Å². The minimum atomic E-state index is -0.246. The highest BCUT2D eigenvalue weighted by molar-refractivity contribution is 5.42. The predicted molar refractivity (Wildman–Crippen MR) is 73.5 cm³/mol. The summed E-state index contributed by atoms with van der Waals surface area (Å²) in [7, 11) is 3.25. The van der Waals surface area contributed by atoms with Crippen LogP contribution in [-0.4, -0.2) is 24.0 Å². The van der Waals surface area contributed by atoms with Crippen molar-refractivity contribution < 1.29 is 9.47 Å². The van der Waals surface area contributed by atoms with E-state index in [0.717, 1.165) is 29.2 Å². The van der Waals surface area contributed by atoms with Crippen LogP contribution in [0, 0.1) is 0 Å². The van der Waals surface area contributed by atoms with E-state index in [4.69, 9.17) is 15.2 Å². The van der Waals surface area contributed by atoms with Crippen LogP contribution in [-0.2, 0) is 6.54 Å². The summed E-state index contributed by atoms with van der Waals surface area (Å²) in [5.74, 6) is 1.46. The first-order valence-corrected chi connectivity index (χ1v) is 6.18. The van der Waals surface area contributed by atoms with Gasteiger partial charge in [-0.05, 0) is 24.6 Å². The van der Waals surface area contributed by atoms with Crippen molar-refractivity contribution in [2.75, 3.05) is 14.2 Å². The first kappa shape index (κ1) is 13.4. The van der Waals surface area contributed by atoms with E-state index in [1.165, 1.54) is 0 Å². The predicted octanol–water partition coefficient (Wildman–Crippen LogP) is 1.97. The number of nitrogens with zero attached hydrogens (tertiary/aromatic N) is 2. The topological polar surface area (TPSA) is 62.3 Å². The molecule has 1 aromatic heterocycles. The van der Waals surface area contributed by atoms with Crippen molar-refractivity contribution in [1.29, 1.82) is 0 Å². The molecule has 0 aliphatic heterocycles. The molecule has 2 N–H and O–H groups in total. The Bertz CT molecular complexity index is 529. The zero-order valence-corrected chi connectivity index (χ0v) is 11.5. The highest BCUT2D eigenvalue weighted by atomic mass is 16.5. The molecular weight excluding hydrogens is 242 g/mol. The van der Waals surface area contributed by atoms with Crippen molar-refractivity contribution in [2.45, 2.75) is 19.5 Å². The summed E-state index contributed by atoms with van der Waals surface area (Å²) in [5.41, 5.74) is 8.17. The summed E-state index contributed by atoms with van der Waals surface area (Å²) < 4.78 is 12.4. The van der Waals surface area contributed by atoms with Crippen LogP contribution >= 0.6 is 0 Å². The zero-order chi connectivity index (χ0) is 13.8. The van der Waals surface area contributed by atoms with Gasteiger partial charge in [0.05, 0.1) is 26.5 Å². The molecule has 0 spiro atoms. The lowest BCUT2D eigenvalue weighted by Gasteiger charge is -2.13. The smallest absolute Gasteiger partial charge is 0.122 e. The van der Waals surface area contributed by atoms with Crippen LogP contribution in [0.4, 0.5) is 0 Å². The first-order chi connectivity index (χ1) is 9.17. The maximum absolute atomic E-state index is 6.27. The molecular formula is C14H19N3O2. The van der Waals surface area contributed by atoms with Crippen molar-refractivity contribution in [3.63, 3.8) is 0 Å². The highest BCUT2D eigenvalue weighted by Crippen LogP contribution is 2.28. The Balaban J connectivity index is 2.34. The minimum Gasteiger partial charge on any atom is -0.497 e. The fourth-order valence-electron chi connectivity index (χ4n) is 1.91. The quantitative estimate of drug-likeness (QED) is 0.893. The maximum Gasteiger partial charge on any atom is 0.122 e. The van der Waals surface area contributed by atoms with Crippen LogP contribution in [0.3, 0.4) is 0 Å². The number of hydrogen-bond donors (Lipinski definition) is 1. The Morgan fingerprint density at radius 1 is 1.16 bits per heavy atom. The van der Waals surface area contributed by atoms with Gasteiger partial charge in [0, 0.05) is 24.4 Å². The van der Waals surface area contributed by atoms with Gasteiger partial charge in [0.2, 0.25) is 0 Å². The molecule has 5 heteroatoms. The van der Waals surface area contributed by atoms with Gasteiger partial charge in [-0.3, -0.25) is 4.68 Å². The molecule has 0 saturated carbocycles. The standard InChI is InChI=1S/C14H19N3O2/c1-4-17-9-11(8-16-17)14(15)10-5-12(18-2)7-13(6-10)19-3/h5-9,14H,4,15H2,1-3H3. The molecule has 1 atom stereocenters. The van der Waals surface area contributed by atoms with Gasteiger partial charge in [-0.25, -0.2) is 0 Å². The van der Waals surface area contributed by atoms with Crippen LogP contribution in [0.25, 0.3) is 0 Å². The van der Waals surface area contributed by atoms with Crippen molar-refractivity contribution in [3.05, 3.63) is 41.7 Å². The molecule has 2 aromatic rings. The lowest BCUT2D eigenvalue weighted by Crippen LogP contribution is -2.11. The zero-order valence-electron chi connectivity index (χ0n) is 11.5. The molecule has 1 heterocycles. The van der Waals surface area contributed by atoms with E-state index in [1.54, 1.807) is 20.4 Å². The van der Waals surface area contributed by atoms with E-state index >= 15 is 0 Å². The Morgan fingerprint density at radius 3 is 2.26 bits per heavy atom. The second-order valence-corrected chi connectivity index (χ2v) is 4.25. The van der Waals surface area contributed by atoms with E-state index in [-0.39, 0.29) is 6.04 Å². The molecule has 0 saturated heterocycles. The van der Waals surface area contributed by atoms with Crippen molar-refractivity contribution in [1.82, 2.24) is 9.78 Å². The second-order valence-electron chi connectivity index (χ2n) is 4.25. The fourth-order valence-corrected chi connectivity index (χ4v) is 1.91. The lowest BCUT2D eigenvalue weighted by molar-refractivity contribution is 0.393. The second kappa shape index (κ2) is 5.75. The first-order valence-electron chi connectivity index (χ1n) is 6.18. The maximum atomic E-state index is 6.27. The van der Waals surface area contributed by atoms with Gasteiger partial charge >= 0.3 is 0 Å². The number of aryl methyl sites for hydroxylation is 1. The molecule has 19 heavy (non-hydrogen) atoms. The van der Waals surface area contributed by atoms with E-state index in [1.807, 2.05) is 36.0 Å². The van der Waals surface area contributed by atoms with E-state index in [2.05, 4.69) is 5.10 Å². The number of methoxy groups -OCH3 is 2. The number of hydrogen-bond acceptors (Lipinski definition) is 4. The molecule has 1 unspecified atom stereocenters. The van der Waals surface area contributed by atoms with Crippen molar-refractivity contribution >= 4 is 0 Å². The van der Waals surface area contributed by atoms with Gasteiger partial charge in [0.1, 0.15) is 11.5 Å². The SMILES string of the molecule is CCn1cc(C(N)c2cc(OC)cc(OC)c2)cn1. The fraction of sp³-hybridized carbons (Fsp3) is 0.357. The largest absolute Gasteiger partial charge is 0.497 e. The van der Waals surface area contributed by atoms with Gasteiger partial charge in [0.15, 0.2) is 0 Å². The van der Waals surface area contributed by atoms with Gasteiger partial charge in [0.25, 0.3) is 0 Å². The summed E-state index contributed by atoms with van der Waals surface area (Å²) in [6, 6.07) is 5.41. The van der Waals surface area contributed by atoms with E-state index in [9.17, 15) is 0 Å². The Morgan fingerprint density at radius 2 is 1.79 bits per heavy atom. The third kappa shape index (κ3) is 2.88. The molecule has 0 bridgehead atoms. The summed E-state index contributed by atoms with van der Waals surface area (Å²) >= 11 is 0. The summed E-state index contributed by atoms with van der Waals surface area (Å²) in [5, 5.41) is 4.24. The molecule has 0 aliphatic rings. The Labute approximate surface area is 112 Å². The Kier molecular flexibility index (Phi) is 4.06. The van der Waals surface area contributed by atoms with Crippen LogP contribution < -0.4 is 15.2 Å². The third-order valence-corrected chi connectivity index (χ3v) is 3.07.